The van der Waals surface area contributed by atoms with E-state index in [1.165, 1.54) is 0 Å². The van der Waals surface area contributed by atoms with Crippen molar-refractivity contribution < 1.29 is 30.1 Å². The highest BCUT2D eigenvalue weighted by Gasteiger charge is 2.34. The van der Waals surface area contributed by atoms with E-state index in [4.69, 9.17) is 10.2 Å². The van der Waals surface area contributed by atoms with Gasteiger partial charge in [0, 0.05) is 11.8 Å². The zero-order valence-corrected chi connectivity index (χ0v) is 9.18. The third-order valence-electron chi connectivity index (χ3n) is 2.08. The highest BCUT2D eigenvalue weighted by molar-refractivity contribution is 5.73. The van der Waals surface area contributed by atoms with Crippen LogP contribution >= 0.6 is 0 Å². The summed E-state index contributed by atoms with van der Waals surface area (Å²) in [6.07, 6.45) is -5.20. The molecule has 0 bridgehead atoms. The number of aliphatic hydroxyl groups is 4. The second-order valence-corrected chi connectivity index (χ2v) is 3.55. The maximum absolute atomic E-state index is 10.8. The van der Waals surface area contributed by atoms with E-state index in [-0.39, 0.29) is 0 Å². The SMILES string of the molecule is CC(=O)N[C@H](C[N+](=O)[O-])[C@@H](O)[C@H](O)[C@H](O)CO. The Morgan fingerprint density at radius 2 is 1.88 bits per heavy atom. The Labute approximate surface area is 96.8 Å². The average Bonchev–Trinajstić information content (AvgIpc) is 2.23. The quantitative estimate of drug-likeness (QED) is 0.237. The summed E-state index contributed by atoms with van der Waals surface area (Å²) in [5.41, 5.74) is 0. The molecule has 0 saturated heterocycles. The molecule has 0 radical (unpaired) electrons. The second-order valence-electron chi connectivity index (χ2n) is 3.55. The minimum absolute atomic E-state index is 0.624. The van der Waals surface area contributed by atoms with Crippen LogP contribution in [0, 0.1) is 10.1 Å². The molecule has 0 aliphatic rings. The number of hydrogen-bond acceptors (Lipinski definition) is 7. The Balaban J connectivity index is 4.65. The van der Waals surface area contributed by atoms with Gasteiger partial charge < -0.3 is 25.7 Å². The molecule has 1 amide bonds. The van der Waals surface area contributed by atoms with Crippen molar-refractivity contribution in [2.24, 2.45) is 0 Å². The Morgan fingerprint density at radius 1 is 1.35 bits per heavy atom. The van der Waals surface area contributed by atoms with Crippen LogP contribution in [-0.4, -0.2) is 68.8 Å². The summed E-state index contributed by atoms with van der Waals surface area (Å²) in [4.78, 5) is 20.3. The molecule has 9 nitrogen and oxygen atoms in total. The van der Waals surface area contributed by atoms with Crippen LogP contribution < -0.4 is 5.32 Å². The van der Waals surface area contributed by atoms with Crippen molar-refractivity contribution in [2.45, 2.75) is 31.3 Å². The summed E-state index contributed by atoms with van der Waals surface area (Å²) in [5, 5.41) is 48.9. The lowest BCUT2D eigenvalue weighted by molar-refractivity contribution is -0.485. The van der Waals surface area contributed by atoms with Crippen LogP contribution in [0.25, 0.3) is 0 Å². The van der Waals surface area contributed by atoms with E-state index < -0.39 is 48.3 Å². The molecule has 4 atom stereocenters. The van der Waals surface area contributed by atoms with E-state index in [0.29, 0.717) is 0 Å². The van der Waals surface area contributed by atoms with Gasteiger partial charge in [-0.2, -0.15) is 0 Å². The first-order valence-corrected chi connectivity index (χ1v) is 4.83. The molecule has 0 unspecified atom stereocenters. The number of hydrogen-bond donors (Lipinski definition) is 5. The topological polar surface area (TPSA) is 153 Å². The van der Waals surface area contributed by atoms with Crippen molar-refractivity contribution in [2.75, 3.05) is 13.2 Å². The Morgan fingerprint density at radius 3 is 2.24 bits per heavy atom. The molecule has 17 heavy (non-hydrogen) atoms. The number of nitrogens with zero attached hydrogens (tertiary/aromatic N) is 1. The summed E-state index contributed by atoms with van der Waals surface area (Å²) < 4.78 is 0. The van der Waals surface area contributed by atoms with Crippen LogP contribution in [0.3, 0.4) is 0 Å². The highest BCUT2D eigenvalue weighted by Crippen LogP contribution is 2.05. The van der Waals surface area contributed by atoms with Crippen LogP contribution in [-0.2, 0) is 4.79 Å². The molecule has 0 rings (SSSR count). The summed E-state index contributed by atoms with van der Waals surface area (Å²) in [6.45, 7) is -0.534. The number of nitro groups is 1. The molecule has 0 aromatic rings. The first kappa shape index (κ1) is 15.7. The molecule has 5 N–H and O–H groups in total. The number of amides is 1. The number of rotatable bonds is 7. The van der Waals surface area contributed by atoms with Crippen LogP contribution in [0.5, 0.6) is 0 Å². The Bertz CT molecular complexity index is 257. The van der Waals surface area contributed by atoms with Gasteiger partial charge >= 0.3 is 0 Å². The van der Waals surface area contributed by atoms with Gasteiger partial charge in [-0.05, 0) is 0 Å². The Kier molecular flexibility index (Phi) is 6.58. The van der Waals surface area contributed by atoms with E-state index in [0.717, 1.165) is 6.92 Å². The molecule has 0 heterocycles. The molecule has 0 aromatic heterocycles. The highest BCUT2D eigenvalue weighted by atomic mass is 16.6. The molecule has 9 heteroatoms. The summed E-state index contributed by atoms with van der Waals surface area (Å²) in [7, 11) is 0. The van der Waals surface area contributed by atoms with Crippen molar-refractivity contribution in [3.05, 3.63) is 10.1 Å². The standard InChI is InChI=1S/C8H16N2O7/c1-4(12)9-5(2-10(16)17)7(14)8(15)6(13)3-11/h5-8,11,13-15H,2-3H2,1H3,(H,9,12)/t5-,6-,7-,8-/m1/s1. The van der Waals surface area contributed by atoms with Gasteiger partial charge in [-0.3, -0.25) is 14.9 Å². The fourth-order valence-electron chi connectivity index (χ4n) is 1.23. The third kappa shape index (κ3) is 5.54. The maximum Gasteiger partial charge on any atom is 0.226 e. The largest absolute Gasteiger partial charge is 0.394 e. The van der Waals surface area contributed by atoms with Crippen molar-refractivity contribution in [1.29, 1.82) is 0 Å². The molecule has 0 saturated carbocycles. The van der Waals surface area contributed by atoms with Gasteiger partial charge in [0.05, 0.1) is 6.61 Å². The van der Waals surface area contributed by atoms with E-state index in [2.05, 4.69) is 5.32 Å². The lowest BCUT2D eigenvalue weighted by Crippen LogP contribution is -2.55. The first-order chi connectivity index (χ1) is 7.79. The first-order valence-electron chi connectivity index (χ1n) is 4.83. The van der Waals surface area contributed by atoms with Gasteiger partial charge in [0.2, 0.25) is 12.5 Å². The average molecular weight is 252 g/mol. The molecule has 100 valence electrons. The number of nitrogens with one attached hydrogen (secondary N) is 1. The van der Waals surface area contributed by atoms with Crippen LogP contribution in [0.15, 0.2) is 0 Å². The zero-order chi connectivity index (χ0) is 13.6. The predicted octanol–water partition coefficient (Wildman–Crippen LogP) is -3.16. The summed E-state index contributed by atoms with van der Waals surface area (Å²) >= 11 is 0. The molecule has 0 aliphatic carbocycles. The summed E-state index contributed by atoms with van der Waals surface area (Å²) in [6, 6.07) is -1.35. The van der Waals surface area contributed by atoms with Gasteiger partial charge in [0.25, 0.3) is 0 Å². The predicted molar refractivity (Wildman–Crippen MR) is 54.6 cm³/mol. The molecular weight excluding hydrogens is 236 g/mol. The molecule has 0 spiro atoms. The van der Waals surface area contributed by atoms with E-state index in [1.54, 1.807) is 0 Å². The van der Waals surface area contributed by atoms with Crippen LogP contribution in [0.1, 0.15) is 6.92 Å². The maximum atomic E-state index is 10.8. The fourth-order valence-corrected chi connectivity index (χ4v) is 1.23. The number of carbonyl (C=O) groups is 1. The van der Waals surface area contributed by atoms with Crippen LogP contribution in [0.2, 0.25) is 0 Å². The number of aliphatic hydroxyl groups excluding tert-OH is 4. The van der Waals surface area contributed by atoms with Crippen molar-refractivity contribution in [3.8, 4) is 0 Å². The second kappa shape index (κ2) is 7.12. The van der Waals surface area contributed by atoms with Crippen LogP contribution in [0.4, 0.5) is 0 Å². The van der Waals surface area contributed by atoms with Crippen molar-refractivity contribution in [3.63, 3.8) is 0 Å². The zero-order valence-electron chi connectivity index (χ0n) is 9.18. The minimum atomic E-state index is -1.79. The van der Waals surface area contributed by atoms with E-state index >= 15 is 0 Å². The lowest BCUT2D eigenvalue weighted by Gasteiger charge is -2.26. The monoisotopic (exact) mass is 252 g/mol. The fraction of sp³-hybridized carbons (Fsp3) is 0.875. The van der Waals surface area contributed by atoms with E-state index in [1.807, 2.05) is 0 Å². The minimum Gasteiger partial charge on any atom is -0.394 e. The normalized spacial score (nSPS) is 17.9. The Hall–Kier alpha value is -1.29. The van der Waals surface area contributed by atoms with Crippen molar-refractivity contribution >= 4 is 5.91 Å². The van der Waals surface area contributed by atoms with Crippen molar-refractivity contribution in [1.82, 2.24) is 5.32 Å². The van der Waals surface area contributed by atoms with Gasteiger partial charge in [-0.15, -0.1) is 0 Å². The number of carbonyl (C=O) groups excluding carboxylic acids is 1. The summed E-state index contributed by atoms with van der Waals surface area (Å²) in [5.74, 6) is -0.624. The lowest BCUT2D eigenvalue weighted by atomic mass is 10.0. The van der Waals surface area contributed by atoms with Gasteiger partial charge in [0.15, 0.2) is 0 Å². The smallest absolute Gasteiger partial charge is 0.226 e. The molecule has 0 aromatic carbocycles. The molecular formula is C8H16N2O7. The van der Waals surface area contributed by atoms with E-state index in [9.17, 15) is 25.1 Å². The van der Waals surface area contributed by atoms with Gasteiger partial charge in [-0.1, -0.05) is 0 Å². The van der Waals surface area contributed by atoms with Gasteiger partial charge in [-0.25, -0.2) is 0 Å². The molecule has 0 aliphatic heterocycles. The third-order valence-corrected chi connectivity index (χ3v) is 2.08. The van der Waals surface area contributed by atoms with Gasteiger partial charge in [0.1, 0.15) is 24.4 Å². The molecule has 0 fully saturated rings.